The molecule has 0 aliphatic rings. The van der Waals surface area contributed by atoms with Gasteiger partial charge in [-0.2, -0.15) is 0 Å². The summed E-state index contributed by atoms with van der Waals surface area (Å²) < 4.78 is 37.3. The normalized spacial score (nSPS) is 14.8. The fraction of sp³-hybridized carbons (Fsp3) is 0.267. The zero-order valence-corrected chi connectivity index (χ0v) is 12.9. The van der Waals surface area contributed by atoms with Crippen molar-refractivity contribution in [3.05, 3.63) is 47.9 Å². The van der Waals surface area contributed by atoms with Gasteiger partial charge in [-0.25, -0.2) is 0 Å². The Bertz CT molecular complexity index is 645. The number of pyridine rings is 1. The van der Waals surface area contributed by atoms with Crippen LogP contribution < -0.4 is 4.40 Å². The second kappa shape index (κ2) is 4.84. The van der Waals surface area contributed by atoms with Gasteiger partial charge < -0.3 is 0 Å². The fourth-order valence-electron chi connectivity index (χ4n) is 1.72. The van der Waals surface area contributed by atoms with Gasteiger partial charge in [0, 0.05) is 0 Å². The monoisotopic (exact) mass is 308 g/mol. The van der Waals surface area contributed by atoms with Crippen LogP contribution in [0.1, 0.15) is 9.68 Å². The number of aryl methyl sites for hydroxylation is 1. The minimum atomic E-state index is -2.30. The van der Waals surface area contributed by atoms with Gasteiger partial charge in [0.1, 0.15) is 0 Å². The molecule has 1 aromatic carbocycles. The van der Waals surface area contributed by atoms with E-state index in [0.717, 1.165) is 6.07 Å². The van der Waals surface area contributed by atoms with Crippen molar-refractivity contribution in [3.63, 3.8) is 0 Å². The van der Waals surface area contributed by atoms with Gasteiger partial charge in [-0.1, -0.05) is 0 Å². The Labute approximate surface area is 115 Å². The van der Waals surface area contributed by atoms with Crippen LogP contribution in [0.4, 0.5) is 4.39 Å². The van der Waals surface area contributed by atoms with E-state index < -0.39 is 25.9 Å². The molecule has 0 aliphatic heterocycles. The summed E-state index contributed by atoms with van der Waals surface area (Å²) in [6.07, 6.45) is 1.81. The predicted octanol–water partition coefficient (Wildman–Crippen LogP) is 3.74. The standard InChI is InChI=1S/C15H18FGeN/c1-11-5-7-13(14(16)9-11)15-8-6-12(10-18-15)17(2,3)4/h5-10H,1-4H3/i1D3. The molecule has 0 saturated heterocycles. The molecule has 1 aromatic heterocycles. The van der Waals surface area contributed by atoms with Crippen molar-refractivity contribution in [3.8, 4) is 11.3 Å². The molecule has 0 spiro atoms. The minimum absolute atomic E-state index is 0.00469. The van der Waals surface area contributed by atoms with Crippen molar-refractivity contribution >= 4 is 17.7 Å². The Hall–Kier alpha value is -1.16. The van der Waals surface area contributed by atoms with Crippen molar-refractivity contribution in [1.82, 2.24) is 4.98 Å². The summed E-state index contributed by atoms with van der Waals surface area (Å²) in [7, 11) is 0. The first kappa shape index (κ1) is 9.73. The Morgan fingerprint density at radius 1 is 1.17 bits per heavy atom. The first-order valence-corrected chi connectivity index (χ1v) is 13.2. The fourth-order valence-corrected chi connectivity index (χ4v) is 3.89. The van der Waals surface area contributed by atoms with Crippen LogP contribution in [0.15, 0.2) is 36.5 Å². The number of hydrogen-bond acceptors (Lipinski definition) is 1. The van der Waals surface area contributed by atoms with E-state index in [1.54, 1.807) is 6.07 Å². The second-order valence-corrected chi connectivity index (χ2v) is 16.0. The maximum absolute atomic E-state index is 14.1. The maximum atomic E-state index is 14.1. The quantitative estimate of drug-likeness (QED) is 0.770. The van der Waals surface area contributed by atoms with Crippen molar-refractivity contribution in [2.24, 2.45) is 0 Å². The Morgan fingerprint density at radius 3 is 2.44 bits per heavy atom. The molecular weight excluding hydrogens is 286 g/mol. The molecule has 0 fully saturated rings. The first-order chi connectivity index (χ1) is 9.59. The summed E-state index contributed by atoms with van der Waals surface area (Å²) in [4.78, 5) is 4.33. The molecule has 0 aliphatic carbocycles. The van der Waals surface area contributed by atoms with Gasteiger partial charge in [-0.05, 0) is 0 Å². The van der Waals surface area contributed by atoms with Crippen molar-refractivity contribution < 1.29 is 8.50 Å². The van der Waals surface area contributed by atoms with Crippen LogP contribution in [0, 0.1) is 12.7 Å². The molecule has 2 rings (SSSR count). The number of benzene rings is 1. The van der Waals surface area contributed by atoms with E-state index in [4.69, 9.17) is 4.11 Å². The van der Waals surface area contributed by atoms with Crippen LogP contribution in [-0.2, 0) is 0 Å². The van der Waals surface area contributed by atoms with Crippen LogP contribution in [0.3, 0.4) is 0 Å². The van der Waals surface area contributed by atoms with Crippen molar-refractivity contribution in [2.45, 2.75) is 24.1 Å². The molecule has 2 aromatic rings. The average molecular weight is 307 g/mol. The van der Waals surface area contributed by atoms with E-state index in [-0.39, 0.29) is 5.56 Å². The summed E-state index contributed by atoms with van der Waals surface area (Å²) in [5.74, 6) is 6.24. The van der Waals surface area contributed by atoms with E-state index in [1.165, 1.54) is 16.5 Å². The number of halogens is 1. The van der Waals surface area contributed by atoms with Crippen molar-refractivity contribution in [2.75, 3.05) is 0 Å². The summed E-state index contributed by atoms with van der Waals surface area (Å²) >= 11 is -1.93. The van der Waals surface area contributed by atoms with E-state index in [2.05, 4.69) is 22.3 Å². The van der Waals surface area contributed by atoms with Gasteiger partial charge in [0.25, 0.3) is 0 Å². The Balaban J connectivity index is 2.39. The summed E-state index contributed by atoms with van der Waals surface area (Å²) in [6.45, 7) is -2.30. The van der Waals surface area contributed by atoms with Crippen LogP contribution in [0.2, 0.25) is 17.3 Å². The Morgan fingerprint density at radius 2 is 1.94 bits per heavy atom. The molecule has 94 valence electrons. The SMILES string of the molecule is [2H]C([2H])([2H])c1ccc(-c2cc[c]([Ge]([CH3])([CH3])[CH3])cn2)c(F)c1. The second-order valence-electron chi connectivity index (χ2n) is 5.38. The molecule has 0 unspecified atom stereocenters. The molecule has 1 nitrogen and oxygen atoms in total. The molecular formula is C15H18FGeN. The third-order valence-corrected chi connectivity index (χ3v) is 7.13. The molecule has 3 heteroatoms. The van der Waals surface area contributed by atoms with E-state index in [0.29, 0.717) is 11.3 Å². The third kappa shape index (κ3) is 2.81. The molecule has 0 saturated carbocycles. The van der Waals surface area contributed by atoms with E-state index in [9.17, 15) is 4.39 Å². The summed E-state index contributed by atoms with van der Waals surface area (Å²) in [5.41, 5.74) is 0.862. The topological polar surface area (TPSA) is 12.9 Å². The van der Waals surface area contributed by atoms with Crippen molar-refractivity contribution in [1.29, 1.82) is 0 Å². The van der Waals surface area contributed by atoms with Crippen LogP contribution >= 0.6 is 0 Å². The average Bonchev–Trinajstić information content (AvgIpc) is 2.36. The molecule has 1 heterocycles. The predicted molar refractivity (Wildman–Crippen MR) is 77.3 cm³/mol. The zero-order chi connectivity index (χ0) is 15.8. The van der Waals surface area contributed by atoms with Crippen LogP contribution in [0.25, 0.3) is 11.3 Å². The van der Waals surface area contributed by atoms with E-state index >= 15 is 0 Å². The van der Waals surface area contributed by atoms with Crippen LogP contribution in [0.5, 0.6) is 0 Å². The molecule has 0 bridgehead atoms. The molecule has 18 heavy (non-hydrogen) atoms. The van der Waals surface area contributed by atoms with E-state index in [1.807, 2.05) is 12.3 Å². The molecule has 0 amide bonds. The number of nitrogens with zero attached hydrogens (tertiary/aromatic N) is 1. The van der Waals surface area contributed by atoms with Gasteiger partial charge in [-0.15, -0.1) is 0 Å². The van der Waals surface area contributed by atoms with Gasteiger partial charge in [-0.3, -0.25) is 0 Å². The summed E-state index contributed by atoms with van der Waals surface area (Å²) in [6, 6.07) is 7.79. The number of hydrogen-bond donors (Lipinski definition) is 0. The zero-order valence-electron chi connectivity index (χ0n) is 13.8. The van der Waals surface area contributed by atoms with Gasteiger partial charge in [0.05, 0.1) is 0 Å². The first-order valence-electron chi connectivity index (χ1n) is 7.36. The van der Waals surface area contributed by atoms with Crippen LogP contribution in [-0.4, -0.2) is 18.3 Å². The molecule has 0 N–H and O–H groups in total. The van der Waals surface area contributed by atoms with Gasteiger partial charge in [0.15, 0.2) is 0 Å². The number of rotatable bonds is 2. The third-order valence-electron chi connectivity index (χ3n) is 2.87. The van der Waals surface area contributed by atoms with Gasteiger partial charge >= 0.3 is 114 Å². The molecule has 0 atom stereocenters. The number of aromatic nitrogens is 1. The van der Waals surface area contributed by atoms with Gasteiger partial charge in [0.2, 0.25) is 0 Å². The Kier molecular flexibility index (Phi) is 2.62. The summed E-state index contributed by atoms with van der Waals surface area (Å²) in [5, 5.41) is 0. The molecule has 0 radical (unpaired) electrons.